The molecule has 1 aromatic heterocycles. The Hall–Kier alpha value is -1.00. The summed E-state index contributed by atoms with van der Waals surface area (Å²) >= 11 is 1.60. The van der Waals surface area contributed by atoms with Gasteiger partial charge in [-0.05, 0) is 31.9 Å². The van der Waals surface area contributed by atoms with Crippen LogP contribution in [0.5, 0.6) is 0 Å². The summed E-state index contributed by atoms with van der Waals surface area (Å²) in [5.74, 6) is 0.168. The number of hydrogen-bond donors (Lipinski definition) is 1. The molecule has 140 valence electrons. The van der Waals surface area contributed by atoms with Crippen LogP contribution in [0.15, 0.2) is 12.1 Å². The van der Waals surface area contributed by atoms with Gasteiger partial charge in [0.1, 0.15) is 5.25 Å². The van der Waals surface area contributed by atoms with E-state index in [0.29, 0.717) is 25.9 Å². The Morgan fingerprint density at radius 2 is 2.20 bits per heavy atom. The first kappa shape index (κ1) is 18.8. The molecule has 3 rings (SSSR count). The highest BCUT2D eigenvalue weighted by atomic mass is 32.2. The first-order chi connectivity index (χ1) is 11.9. The highest BCUT2D eigenvalue weighted by Gasteiger charge is 2.43. The number of nitrogens with zero attached hydrogens (tertiary/aromatic N) is 2. The summed E-state index contributed by atoms with van der Waals surface area (Å²) in [6.07, 6.45) is 2.13. The molecule has 2 fully saturated rings. The molecule has 2 aliphatic rings. The standard InChI is InChI=1S/C16H25N3O4S2/c1-12-6-7-13(24-12)16-14(11-23-18(16)2)25(21,22)17-8-4-10-19-9-3-5-15(19)20/h6-7,14,16-17H,3-5,8-11H2,1-2H3. The lowest BCUT2D eigenvalue weighted by Gasteiger charge is -2.22. The Balaban J connectivity index is 1.57. The summed E-state index contributed by atoms with van der Waals surface area (Å²) in [6.45, 7) is 3.88. The zero-order valence-electron chi connectivity index (χ0n) is 14.6. The number of thiophene rings is 1. The molecule has 1 aromatic rings. The van der Waals surface area contributed by atoms with Crippen molar-refractivity contribution in [3.8, 4) is 0 Å². The van der Waals surface area contributed by atoms with Gasteiger partial charge in [0.15, 0.2) is 0 Å². The molecule has 7 nitrogen and oxygen atoms in total. The van der Waals surface area contributed by atoms with Gasteiger partial charge in [-0.25, -0.2) is 13.1 Å². The molecular formula is C16H25N3O4S2. The number of sulfonamides is 1. The number of hydroxylamine groups is 2. The van der Waals surface area contributed by atoms with Crippen molar-refractivity contribution in [3.05, 3.63) is 21.9 Å². The van der Waals surface area contributed by atoms with E-state index in [0.717, 1.165) is 22.7 Å². The molecule has 2 unspecified atom stereocenters. The summed E-state index contributed by atoms with van der Waals surface area (Å²) in [4.78, 5) is 21.0. The van der Waals surface area contributed by atoms with Gasteiger partial charge in [-0.1, -0.05) is 0 Å². The van der Waals surface area contributed by atoms with Crippen LogP contribution in [0.25, 0.3) is 0 Å². The van der Waals surface area contributed by atoms with Gasteiger partial charge in [0.05, 0.1) is 12.6 Å². The van der Waals surface area contributed by atoms with E-state index >= 15 is 0 Å². The molecule has 2 saturated heterocycles. The van der Waals surface area contributed by atoms with Crippen LogP contribution in [0.2, 0.25) is 0 Å². The summed E-state index contributed by atoms with van der Waals surface area (Å²) in [5.41, 5.74) is 0. The lowest BCUT2D eigenvalue weighted by molar-refractivity contribution is -0.127. The minimum absolute atomic E-state index is 0.151. The van der Waals surface area contributed by atoms with Crippen LogP contribution in [0, 0.1) is 6.92 Å². The van der Waals surface area contributed by atoms with Crippen molar-refractivity contribution < 1.29 is 18.0 Å². The third kappa shape index (κ3) is 4.22. The zero-order chi connectivity index (χ0) is 18.0. The summed E-state index contributed by atoms with van der Waals surface area (Å²) in [5, 5.41) is 1.00. The molecule has 3 heterocycles. The van der Waals surface area contributed by atoms with Gasteiger partial charge < -0.3 is 4.90 Å². The monoisotopic (exact) mass is 387 g/mol. The van der Waals surface area contributed by atoms with Gasteiger partial charge >= 0.3 is 0 Å². The van der Waals surface area contributed by atoms with Gasteiger partial charge in [-0.15, -0.1) is 11.3 Å². The maximum atomic E-state index is 12.7. The van der Waals surface area contributed by atoms with E-state index in [1.165, 1.54) is 0 Å². The molecule has 0 aliphatic carbocycles. The second-order valence-electron chi connectivity index (χ2n) is 6.55. The molecule has 0 bridgehead atoms. The van der Waals surface area contributed by atoms with E-state index in [1.807, 2.05) is 19.1 Å². The van der Waals surface area contributed by atoms with Crippen LogP contribution in [-0.4, -0.2) is 62.8 Å². The van der Waals surface area contributed by atoms with Crippen molar-refractivity contribution in [3.63, 3.8) is 0 Å². The molecule has 0 radical (unpaired) electrons. The fourth-order valence-corrected chi connectivity index (χ4v) is 6.07. The van der Waals surface area contributed by atoms with Gasteiger partial charge in [0.25, 0.3) is 0 Å². The highest BCUT2D eigenvalue weighted by molar-refractivity contribution is 7.90. The van der Waals surface area contributed by atoms with E-state index in [2.05, 4.69) is 4.72 Å². The number of aryl methyl sites for hydroxylation is 1. The molecule has 2 aliphatic heterocycles. The van der Waals surface area contributed by atoms with E-state index < -0.39 is 15.3 Å². The Morgan fingerprint density at radius 3 is 2.84 bits per heavy atom. The first-order valence-corrected chi connectivity index (χ1v) is 10.9. The first-order valence-electron chi connectivity index (χ1n) is 8.57. The van der Waals surface area contributed by atoms with Crippen LogP contribution in [0.3, 0.4) is 0 Å². The maximum Gasteiger partial charge on any atom is 0.222 e. The number of carbonyl (C=O) groups is 1. The van der Waals surface area contributed by atoms with Crippen molar-refractivity contribution in [1.29, 1.82) is 0 Å². The third-order valence-corrected chi connectivity index (χ3v) is 7.59. The molecule has 0 saturated carbocycles. The topological polar surface area (TPSA) is 79.0 Å². The van der Waals surface area contributed by atoms with Crippen LogP contribution in [0.4, 0.5) is 0 Å². The second-order valence-corrected chi connectivity index (χ2v) is 9.85. The normalized spacial score (nSPS) is 25.2. The fourth-order valence-electron chi connectivity index (χ4n) is 3.36. The Bertz CT molecular complexity index is 719. The molecule has 25 heavy (non-hydrogen) atoms. The van der Waals surface area contributed by atoms with Crippen molar-refractivity contribution in [1.82, 2.24) is 14.7 Å². The zero-order valence-corrected chi connectivity index (χ0v) is 16.2. The number of amides is 1. The quantitative estimate of drug-likeness (QED) is 0.713. The number of rotatable bonds is 7. The minimum Gasteiger partial charge on any atom is -0.343 e. The lowest BCUT2D eigenvalue weighted by Crippen LogP contribution is -2.40. The van der Waals surface area contributed by atoms with Crippen LogP contribution >= 0.6 is 11.3 Å². The smallest absolute Gasteiger partial charge is 0.222 e. The SMILES string of the molecule is Cc1ccc(C2C(S(=O)(=O)NCCCN3CCCC3=O)CON2C)s1. The molecule has 1 amide bonds. The molecule has 9 heteroatoms. The Labute approximate surface area is 152 Å². The Morgan fingerprint density at radius 1 is 1.40 bits per heavy atom. The Kier molecular flexibility index (Phi) is 5.79. The summed E-state index contributed by atoms with van der Waals surface area (Å²) in [7, 11) is -1.73. The van der Waals surface area contributed by atoms with Gasteiger partial charge in [-0.2, -0.15) is 5.06 Å². The molecule has 2 atom stereocenters. The average molecular weight is 388 g/mol. The summed E-state index contributed by atoms with van der Waals surface area (Å²) in [6, 6.07) is 3.67. The average Bonchev–Trinajstić information content (AvgIpc) is 3.25. The van der Waals surface area contributed by atoms with E-state index in [4.69, 9.17) is 4.84 Å². The lowest BCUT2D eigenvalue weighted by atomic mass is 10.2. The van der Waals surface area contributed by atoms with Crippen molar-refractivity contribution in [2.45, 2.75) is 37.5 Å². The fraction of sp³-hybridized carbons (Fsp3) is 0.688. The number of carbonyl (C=O) groups excluding carboxylic acids is 1. The van der Waals surface area contributed by atoms with Crippen LogP contribution in [-0.2, 0) is 19.7 Å². The maximum absolute atomic E-state index is 12.7. The largest absolute Gasteiger partial charge is 0.343 e. The van der Waals surface area contributed by atoms with Gasteiger partial charge in [0.2, 0.25) is 15.9 Å². The van der Waals surface area contributed by atoms with Crippen molar-refractivity contribution in [2.24, 2.45) is 0 Å². The van der Waals surface area contributed by atoms with E-state index in [9.17, 15) is 13.2 Å². The van der Waals surface area contributed by atoms with E-state index in [-0.39, 0.29) is 18.6 Å². The number of nitrogens with one attached hydrogen (secondary N) is 1. The highest BCUT2D eigenvalue weighted by Crippen LogP contribution is 2.36. The molecular weight excluding hydrogens is 362 g/mol. The number of likely N-dealkylation sites (tertiary alicyclic amines) is 1. The molecule has 0 aromatic carbocycles. The van der Waals surface area contributed by atoms with E-state index in [1.54, 1.807) is 28.3 Å². The molecule has 1 N–H and O–H groups in total. The van der Waals surface area contributed by atoms with Gasteiger partial charge in [-0.3, -0.25) is 9.63 Å². The van der Waals surface area contributed by atoms with Crippen molar-refractivity contribution in [2.75, 3.05) is 33.3 Å². The number of hydrogen-bond acceptors (Lipinski definition) is 6. The molecule has 0 spiro atoms. The minimum atomic E-state index is -3.50. The third-order valence-electron chi connectivity index (χ3n) is 4.72. The van der Waals surface area contributed by atoms with Crippen LogP contribution < -0.4 is 4.72 Å². The van der Waals surface area contributed by atoms with Crippen molar-refractivity contribution >= 4 is 27.3 Å². The second kappa shape index (κ2) is 7.71. The van der Waals surface area contributed by atoms with Crippen LogP contribution in [0.1, 0.15) is 35.1 Å². The van der Waals surface area contributed by atoms with Gasteiger partial charge in [0, 0.05) is 42.9 Å². The predicted molar refractivity (Wildman–Crippen MR) is 96.7 cm³/mol. The predicted octanol–water partition coefficient (Wildman–Crippen LogP) is 1.28. The summed E-state index contributed by atoms with van der Waals surface area (Å²) < 4.78 is 28.2.